The van der Waals surface area contributed by atoms with E-state index in [9.17, 15) is 4.79 Å². The van der Waals surface area contributed by atoms with Crippen molar-refractivity contribution in [1.29, 1.82) is 0 Å². The highest BCUT2D eigenvalue weighted by molar-refractivity contribution is 6.74. The van der Waals surface area contributed by atoms with E-state index in [0.29, 0.717) is 0 Å². The number of aldehydes is 1. The summed E-state index contributed by atoms with van der Waals surface area (Å²) in [5, 5.41) is 9.04. The first-order valence-corrected chi connectivity index (χ1v) is 10.4. The Morgan fingerprint density at radius 3 is 2.30 bits per heavy atom. The van der Waals surface area contributed by atoms with E-state index < -0.39 is 8.32 Å². The number of carbonyl (C=O) groups is 1. The highest BCUT2D eigenvalue weighted by Gasteiger charge is 2.39. The molecule has 0 aromatic rings. The van der Waals surface area contributed by atoms with Gasteiger partial charge >= 0.3 is 0 Å². The van der Waals surface area contributed by atoms with Crippen molar-refractivity contribution in [3.05, 3.63) is 11.6 Å². The number of aliphatic hydroxyl groups is 1. The summed E-state index contributed by atoms with van der Waals surface area (Å²) in [6.45, 7) is 15.1. The predicted molar refractivity (Wildman–Crippen MR) is 87.4 cm³/mol. The maximum atomic E-state index is 11.1. The molecule has 0 saturated carbocycles. The zero-order chi connectivity index (χ0) is 16.0. The number of hydrogen-bond acceptors (Lipinski definition) is 3. The van der Waals surface area contributed by atoms with Crippen LogP contribution in [-0.2, 0) is 9.22 Å². The van der Waals surface area contributed by atoms with Crippen molar-refractivity contribution in [2.24, 2.45) is 5.92 Å². The second-order valence-electron chi connectivity index (χ2n) is 7.18. The maximum absolute atomic E-state index is 11.1. The van der Waals surface area contributed by atoms with Crippen molar-refractivity contribution in [2.45, 2.75) is 71.7 Å². The molecule has 0 saturated heterocycles. The Labute approximate surface area is 125 Å². The van der Waals surface area contributed by atoms with E-state index in [0.717, 1.165) is 24.7 Å². The SMILES string of the molecule is C/C(=C\CO)CC[C@H](O[Si](C)(C)C(C)(C)C)[C@@H](C)C=O. The van der Waals surface area contributed by atoms with Gasteiger partial charge < -0.3 is 14.3 Å². The summed E-state index contributed by atoms with van der Waals surface area (Å²) in [6, 6.07) is 0. The fourth-order valence-electron chi connectivity index (χ4n) is 1.70. The number of hydrogen-bond donors (Lipinski definition) is 1. The molecule has 0 fully saturated rings. The van der Waals surface area contributed by atoms with Crippen LogP contribution in [0.1, 0.15) is 47.5 Å². The highest BCUT2D eigenvalue weighted by atomic mass is 28.4. The Kier molecular flexibility index (Phi) is 7.92. The molecule has 0 aliphatic rings. The van der Waals surface area contributed by atoms with E-state index in [1.54, 1.807) is 0 Å². The first-order chi connectivity index (χ1) is 9.05. The van der Waals surface area contributed by atoms with Crippen LogP contribution in [0.4, 0.5) is 0 Å². The first-order valence-electron chi connectivity index (χ1n) is 7.44. The van der Waals surface area contributed by atoms with Gasteiger partial charge in [0.1, 0.15) is 6.29 Å². The zero-order valence-electron chi connectivity index (χ0n) is 14.2. The molecule has 20 heavy (non-hydrogen) atoms. The Bertz CT molecular complexity index is 329. The molecule has 1 N–H and O–H groups in total. The predicted octanol–water partition coefficient (Wildman–Crippen LogP) is 3.93. The van der Waals surface area contributed by atoms with Gasteiger partial charge in [-0.05, 0) is 37.9 Å². The van der Waals surface area contributed by atoms with Gasteiger partial charge in [0.05, 0.1) is 12.7 Å². The van der Waals surface area contributed by atoms with Crippen LogP contribution in [0.2, 0.25) is 18.1 Å². The molecule has 118 valence electrons. The minimum atomic E-state index is -1.87. The molecule has 0 aromatic heterocycles. The van der Waals surface area contributed by atoms with Gasteiger partial charge in [-0.3, -0.25) is 0 Å². The van der Waals surface area contributed by atoms with E-state index >= 15 is 0 Å². The fourth-order valence-corrected chi connectivity index (χ4v) is 3.14. The monoisotopic (exact) mass is 300 g/mol. The van der Waals surface area contributed by atoms with E-state index in [-0.39, 0.29) is 23.7 Å². The quantitative estimate of drug-likeness (QED) is 0.420. The molecule has 0 heterocycles. The Balaban J connectivity index is 4.83. The molecule has 3 nitrogen and oxygen atoms in total. The summed E-state index contributed by atoms with van der Waals surface area (Å²) in [6.07, 6.45) is 4.46. The number of carbonyl (C=O) groups excluding carboxylic acids is 1. The van der Waals surface area contributed by atoms with Gasteiger partial charge in [0.2, 0.25) is 0 Å². The van der Waals surface area contributed by atoms with Gasteiger partial charge in [-0.25, -0.2) is 0 Å². The van der Waals surface area contributed by atoms with Crippen LogP contribution in [0.3, 0.4) is 0 Å². The summed E-state index contributed by atoms with van der Waals surface area (Å²) in [5.41, 5.74) is 1.15. The average molecular weight is 301 g/mol. The van der Waals surface area contributed by atoms with Gasteiger partial charge in [0, 0.05) is 5.92 Å². The van der Waals surface area contributed by atoms with E-state index in [1.165, 1.54) is 0 Å². The van der Waals surface area contributed by atoms with Crippen molar-refractivity contribution in [1.82, 2.24) is 0 Å². The lowest BCUT2D eigenvalue weighted by Crippen LogP contribution is -2.45. The topological polar surface area (TPSA) is 46.5 Å². The molecule has 2 atom stereocenters. The van der Waals surface area contributed by atoms with Crippen LogP contribution in [0.25, 0.3) is 0 Å². The van der Waals surface area contributed by atoms with E-state index in [2.05, 4.69) is 33.9 Å². The van der Waals surface area contributed by atoms with Gasteiger partial charge in [0.25, 0.3) is 0 Å². The highest BCUT2D eigenvalue weighted by Crippen LogP contribution is 2.38. The van der Waals surface area contributed by atoms with Crippen molar-refractivity contribution in [3.63, 3.8) is 0 Å². The molecule has 0 rings (SSSR count). The van der Waals surface area contributed by atoms with Crippen LogP contribution in [0, 0.1) is 5.92 Å². The molecular weight excluding hydrogens is 268 g/mol. The largest absolute Gasteiger partial charge is 0.413 e. The molecule has 0 aliphatic heterocycles. The Hall–Kier alpha value is -0.453. The number of allylic oxidation sites excluding steroid dienone is 1. The molecule has 0 aromatic carbocycles. The molecule has 0 aliphatic carbocycles. The van der Waals surface area contributed by atoms with Crippen LogP contribution in [0.5, 0.6) is 0 Å². The zero-order valence-corrected chi connectivity index (χ0v) is 15.2. The van der Waals surface area contributed by atoms with Crippen molar-refractivity contribution < 1.29 is 14.3 Å². The maximum Gasteiger partial charge on any atom is 0.192 e. The second kappa shape index (κ2) is 8.10. The molecule has 0 radical (unpaired) electrons. The van der Waals surface area contributed by atoms with E-state index in [4.69, 9.17) is 9.53 Å². The summed E-state index contributed by atoms with van der Waals surface area (Å²) < 4.78 is 6.40. The molecule has 4 heteroatoms. The van der Waals surface area contributed by atoms with Crippen LogP contribution >= 0.6 is 0 Å². The molecule has 0 spiro atoms. The smallest absolute Gasteiger partial charge is 0.192 e. The standard InChI is InChI=1S/C16H32O3Si/c1-13(10-11-17)8-9-15(14(2)12-18)19-20(6,7)16(3,4)5/h10,12,14-15,17H,8-9,11H2,1-7H3/b13-10+/t14-,15-/m0/s1. The van der Waals surface area contributed by atoms with Gasteiger partial charge in [0.15, 0.2) is 8.32 Å². The van der Waals surface area contributed by atoms with E-state index in [1.807, 2.05) is 19.9 Å². The third-order valence-corrected chi connectivity index (χ3v) is 8.82. The van der Waals surface area contributed by atoms with Crippen molar-refractivity contribution in [3.8, 4) is 0 Å². The van der Waals surface area contributed by atoms with Crippen LogP contribution in [-0.4, -0.2) is 32.4 Å². The lowest BCUT2D eigenvalue weighted by atomic mass is 9.99. The lowest BCUT2D eigenvalue weighted by Gasteiger charge is -2.40. The normalized spacial score (nSPS) is 16.9. The average Bonchev–Trinajstić information content (AvgIpc) is 2.32. The minimum absolute atomic E-state index is 0.0320. The lowest BCUT2D eigenvalue weighted by molar-refractivity contribution is -0.113. The summed E-state index contributed by atoms with van der Waals surface area (Å²) in [4.78, 5) is 11.1. The van der Waals surface area contributed by atoms with Gasteiger partial charge in [-0.2, -0.15) is 0 Å². The van der Waals surface area contributed by atoms with Gasteiger partial charge in [-0.15, -0.1) is 0 Å². The second-order valence-corrected chi connectivity index (χ2v) is 11.9. The molecular formula is C16H32O3Si. The third kappa shape index (κ3) is 6.33. The van der Waals surface area contributed by atoms with Crippen LogP contribution in [0.15, 0.2) is 11.6 Å². The van der Waals surface area contributed by atoms with Crippen molar-refractivity contribution in [2.75, 3.05) is 6.61 Å². The molecule has 0 amide bonds. The molecule has 0 bridgehead atoms. The van der Waals surface area contributed by atoms with Crippen molar-refractivity contribution >= 4 is 14.6 Å². The number of rotatable bonds is 8. The number of aliphatic hydroxyl groups excluding tert-OH is 1. The third-order valence-electron chi connectivity index (χ3n) is 4.32. The van der Waals surface area contributed by atoms with Gasteiger partial charge in [-0.1, -0.05) is 39.3 Å². The Morgan fingerprint density at radius 2 is 1.90 bits per heavy atom. The summed E-state index contributed by atoms with van der Waals surface area (Å²) in [5.74, 6) is -0.0916. The van der Waals surface area contributed by atoms with Crippen LogP contribution < -0.4 is 0 Å². The minimum Gasteiger partial charge on any atom is -0.413 e. The molecule has 0 unspecified atom stereocenters. The Morgan fingerprint density at radius 1 is 1.35 bits per heavy atom. The summed E-state index contributed by atoms with van der Waals surface area (Å²) in [7, 11) is -1.87. The first kappa shape index (κ1) is 19.5. The fraction of sp³-hybridized carbons (Fsp3) is 0.812. The summed E-state index contributed by atoms with van der Waals surface area (Å²) >= 11 is 0.